The lowest BCUT2D eigenvalue weighted by atomic mass is 10.1. The van der Waals surface area contributed by atoms with Gasteiger partial charge in [0.1, 0.15) is 5.82 Å². The first-order chi connectivity index (χ1) is 8.08. The fraction of sp³-hybridized carbons (Fsp3) is 0.417. The van der Waals surface area contributed by atoms with E-state index in [1.54, 1.807) is 19.1 Å². The third-order valence-corrected chi connectivity index (χ3v) is 2.17. The van der Waals surface area contributed by atoms with Crippen LogP contribution in [0.25, 0.3) is 0 Å². The number of rotatable bonds is 5. The molecule has 0 aliphatic carbocycles. The van der Waals surface area contributed by atoms with Gasteiger partial charge in [-0.05, 0) is 31.0 Å². The minimum Gasteiger partial charge on any atom is -0.392 e. The van der Waals surface area contributed by atoms with Crippen LogP contribution in [0.2, 0.25) is 0 Å². The topological polar surface area (TPSA) is 61.4 Å². The van der Waals surface area contributed by atoms with Crippen molar-refractivity contribution in [2.45, 2.75) is 19.4 Å². The number of aliphatic hydroxyl groups is 1. The van der Waals surface area contributed by atoms with Gasteiger partial charge in [0.2, 0.25) is 0 Å². The van der Waals surface area contributed by atoms with Crippen molar-refractivity contribution in [2.75, 3.05) is 13.1 Å². The van der Waals surface area contributed by atoms with E-state index in [2.05, 4.69) is 10.6 Å². The number of carbonyl (C=O) groups is 1. The van der Waals surface area contributed by atoms with Gasteiger partial charge in [-0.1, -0.05) is 12.1 Å². The maximum Gasteiger partial charge on any atom is 0.314 e. The molecule has 0 fully saturated rings. The number of urea groups is 1. The molecule has 1 aromatic carbocycles. The summed E-state index contributed by atoms with van der Waals surface area (Å²) in [7, 11) is 0. The first-order valence-electron chi connectivity index (χ1n) is 5.52. The molecule has 0 aliphatic heterocycles. The van der Waals surface area contributed by atoms with Crippen LogP contribution in [0, 0.1) is 5.82 Å². The second-order valence-electron chi connectivity index (χ2n) is 3.86. The Morgan fingerprint density at radius 2 is 2.00 bits per heavy atom. The molecule has 94 valence electrons. The average Bonchev–Trinajstić information content (AvgIpc) is 2.29. The zero-order valence-corrected chi connectivity index (χ0v) is 9.74. The zero-order chi connectivity index (χ0) is 12.7. The van der Waals surface area contributed by atoms with Crippen molar-refractivity contribution in [1.29, 1.82) is 0 Å². The molecule has 1 unspecified atom stereocenters. The van der Waals surface area contributed by atoms with Gasteiger partial charge in [0, 0.05) is 13.1 Å². The summed E-state index contributed by atoms with van der Waals surface area (Å²) in [5.74, 6) is -0.267. The molecule has 2 amide bonds. The quantitative estimate of drug-likeness (QED) is 0.720. The lowest BCUT2D eigenvalue weighted by molar-refractivity contribution is 0.187. The monoisotopic (exact) mass is 240 g/mol. The molecule has 4 nitrogen and oxygen atoms in total. The van der Waals surface area contributed by atoms with Gasteiger partial charge in [-0.3, -0.25) is 0 Å². The van der Waals surface area contributed by atoms with E-state index in [0.717, 1.165) is 5.56 Å². The van der Waals surface area contributed by atoms with Crippen molar-refractivity contribution in [3.8, 4) is 0 Å². The fourth-order valence-electron chi connectivity index (χ4n) is 1.27. The summed E-state index contributed by atoms with van der Waals surface area (Å²) >= 11 is 0. The number of halogens is 1. The Bertz CT molecular complexity index is 352. The maximum absolute atomic E-state index is 12.6. The number of benzene rings is 1. The summed E-state index contributed by atoms with van der Waals surface area (Å²) < 4.78 is 12.6. The summed E-state index contributed by atoms with van der Waals surface area (Å²) in [6.45, 7) is 2.29. The van der Waals surface area contributed by atoms with Gasteiger partial charge < -0.3 is 15.7 Å². The Labute approximate surface area is 99.8 Å². The van der Waals surface area contributed by atoms with E-state index in [4.69, 9.17) is 5.11 Å². The molecule has 0 spiro atoms. The van der Waals surface area contributed by atoms with Crippen LogP contribution in [-0.2, 0) is 6.42 Å². The third kappa shape index (κ3) is 5.87. The van der Waals surface area contributed by atoms with E-state index in [1.807, 2.05) is 0 Å². The largest absolute Gasteiger partial charge is 0.392 e. The summed E-state index contributed by atoms with van der Waals surface area (Å²) in [6.07, 6.45) is 0.0837. The van der Waals surface area contributed by atoms with Crippen LogP contribution in [0.3, 0.4) is 0 Å². The van der Waals surface area contributed by atoms with E-state index in [9.17, 15) is 9.18 Å². The van der Waals surface area contributed by atoms with Gasteiger partial charge in [-0.15, -0.1) is 0 Å². The molecule has 3 N–H and O–H groups in total. The molecule has 0 aromatic heterocycles. The second-order valence-corrected chi connectivity index (χ2v) is 3.86. The van der Waals surface area contributed by atoms with Crippen molar-refractivity contribution in [3.63, 3.8) is 0 Å². The molecule has 0 radical (unpaired) electrons. The predicted octanol–water partition coefficient (Wildman–Crippen LogP) is 1.05. The normalized spacial score (nSPS) is 11.9. The Balaban J connectivity index is 2.19. The van der Waals surface area contributed by atoms with Crippen LogP contribution in [0.15, 0.2) is 24.3 Å². The fourth-order valence-corrected chi connectivity index (χ4v) is 1.27. The standard InChI is InChI=1S/C12H17FN2O2/c1-9(16)8-15-12(17)14-7-6-10-2-4-11(13)5-3-10/h2-5,9,16H,6-8H2,1H3,(H2,14,15,17). The summed E-state index contributed by atoms with van der Waals surface area (Å²) in [6, 6.07) is 5.84. The highest BCUT2D eigenvalue weighted by Gasteiger charge is 2.01. The Kier molecular flexibility index (Phi) is 5.42. The molecule has 0 heterocycles. The number of hydrogen-bond donors (Lipinski definition) is 3. The van der Waals surface area contributed by atoms with Gasteiger partial charge in [0.05, 0.1) is 6.10 Å². The van der Waals surface area contributed by atoms with Crippen molar-refractivity contribution < 1.29 is 14.3 Å². The zero-order valence-electron chi connectivity index (χ0n) is 9.74. The molecule has 0 saturated carbocycles. The van der Waals surface area contributed by atoms with E-state index in [0.29, 0.717) is 13.0 Å². The maximum atomic E-state index is 12.6. The van der Waals surface area contributed by atoms with E-state index in [1.165, 1.54) is 12.1 Å². The Morgan fingerprint density at radius 1 is 1.35 bits per heavy atom. The van der Waals surface area contributed by atoms with Gasteiger partial charge in [0.25, 0.3) is 0 Å². The van der Waals surface area contributed by atoms with Crippen LogP contribution in [0.4, 0.5) is 9.18 Å². The van der Waals surface area contributed by atoms with Crippen molar-refractivity contribution in [1.82, 2.24) is 10.6 Å². The summed E-state index contributed by atoms with van der Waals surface area (Å²) in [4.78, 5) is 11.2. The molecule has 0 saturated heterocycles. The molecule has 1 rings (SSSR count). The Hall–Kier alpha value is -1.62. The molecule has 0 bridgehead atoms. The number of aliphatic hydroxyl groups excluding tert-OH is 1. The van der Waals surface area contributed by atoms with Crippen LogP contribution in [0.5, 0.6) is 0 Å². The van der Waals surface area contributed by atoms with Crippen LogP contribution in [-0.4, -0.2) is 30.3 Å². The van der Waals surface area contributed by atoms with Gasteiger partial charge in [-0.25, -0.2) is 9.18 Å². The highest BCUT2D eigenvalue weighted by Crippen LogP contribution is 2.02. The van der Waals surface area contributed by atoms with Crippen LogP contribution >= 0.6 is 0 Å². The first kappa shape index (κ1) is 13.4. The number of carbonyl (C=O) groups excluding carboxylic acids is 1. The van der Waals surface area contributed by atoms with Crippen molar-refractivity contribution >= 4 is 6.03 Å². The highest BCUT2D eigenvalue weighted by molar-refractivity contribution is 5.73. The minimum atomic E-state index is -0.558. The summed E-state index contributed by atoms with van der Waals surface area (Å²) in [5, 5.41) is 14.1. The molecule has 1 atom stereocenters. The van der Waals surface area contributed by atoms with Crippen molar-refractivity contribution in [3.05, 3.63) is 35.6 Å². The van der Waals surface area contributed by atoms with Gasteiger partial charge in [-0.2, -0.15) is 0 Å². The van der Waals surface area contributed by atoms with Crippen LogP contribution < -0.4 is 10.6 Å². The third-order valence-electron chi connectivity index (χ3n) is 2.17. The smallest absolute Gasteiger partial charge is 0.314 e. The van der Waals surface area contributed by atoms with E-state index < -0.39 is 6.10 Å². The molecular weight excluding hydrogens is 223 g/mol. The van der Waals surface area contributed by atoms with E-state index >= 15 is 0 Å². The number of amides is 2. The van der Waals surface area contributed by atoms with Gasteiger partial charge >= 0.3 is 6.03 Å². The second kappa shape index (κ2) is 6.85. The lowest BCUT2D eigenvalue weighted by Crippen LogP contribution is -2.39. The molecule has 17 heavy (non-hydrogen) atoms. The molecular formula is C12H17FN2O2. The average molecular weight is 240 g/mol. The molecule has 1 aromatic rings. The van der Waals surface area contributed by atoms with Crippen LogP contribution in [0.1, 0.15) is 12.5 Å². The number of nitrogens with one attached hydrogen (secondary N) is 2. The minimum absolute atomic E-state index is 0.225. The molecule has 0 aliphatic rings. The number of hydrogen-bond acceptors (Lipinski definition) is 2. The van der Waals surface area contributed by atoms with E-state index in [-0.39, 0.29) is 18.4 Å². The summed E-state index contributed by atoms with van der Waals surface area (Å²) in [5.41, 5.74) is 0.960. The van der Waals surface area contributed by atoms with Crippen molar-refractivity contribution in [2.24, 2.45) is 0 Å². The molecule has 5 heteroatoms. The Morgan fingerprint density at radius 3 is 2.59 bits per heavy atom. The highest BCUT2D eigenvalue weighted by atomic mass is 19.1. The predicted molar refractivity (Wildman–Crippen MR) is 63.2 cm³/mol. The SMILES string of the molecule is CC(O)CNC(=O)NCCc1ccc(F)cc1. The lowest BCUT2D eigenvalue weighted by Gasteiger charge is -2.08. The van der Waals surface area contributed by atoms with Gasteiger partial charge in [0.15, 0.2) is 0 Å². The first-order valence-corrected chi connectivity index (χ1v) is 5.52.